The molecule has 2 amide bonds. The third-order valence-electron chi connectivity index (χ3n) is 2.00. The normalized spacial score (nSPS) is 10.7. The minimum atomic E-state index is -4.12. The first-order chi connectivity index (χ1) is 8.27. The van der Waals surface area contributed by atoms with Crippen molar-refractivity contribution in [1.82, 2.24) is 10.0 Å². The largest absolute Gasteiger partial charge is 0.478 e. The number of carboxylic acids is 1. The Morgan fingerprint density at radius 2 is 1.94 bits per heavy atom. The number of amides is 2. The molecular formula is C9H11N3O5S. The smallest absolute Gasteiger partial charge is 0.335 e. The van der Waals surface area contributed by atoms with Crippen molar-refractivity contribution in [1.29, 1.82) is 0 Å². The zero-order chi connectivity index (χ0) is 13.9. The van der Waals surface area contributed by atoms with Gasteiger partial charge in [0.05, 0.1) is 11.3 Å². The van der Waals surface area contributed by atoms with Crippen LogP contribution in [0.2, 0.25) is 0 Å². The van der Waals surface area contributed by atoms with E-state index >= 15 is 0 Å². The lowest BCUT2D eigenvalue weighted by Gasteiger charge is -2.09. The van der Waals surface area contributed by atoms with Gasteiger partial charge < -0.3 is 16.2 Å². The number of aromatic carboxylic acids is 1. The number of nitrogens with two attached hydrogens (primary N) is 1. The van der Waals surface area contributed by atoms with Crippen LogP contribution in [0.5, 0.6) is 0 Å². The number of carbonyl (C=O) groups is 2. The Kier molecular flexibility index (Phi) is 3.76. The maximum absolute atomic E-state index is 11.7. The van der Waals surface area contributed by atoms with E-state index in [1.807, 2.05) is 0 Å². The molecule has 0 bridgehead atoms. The van der Waals surface area contributed by atoms with Gasteiger partial charge in [0.2, 0.25) is 0 Å². The molecule has 0 spiro atoms. The summed E-state index contributed by atoms with van der Waals surface area (Å²) in [7, 11) is -2.87. The molecule has 0 fully saturated rings. The van der Waals surface area contributed by atoms with Gasteiger partial charge in [-0.2, -0.15) is 0 Å². The monoisotopic (exact) mass is 273 g/mol. The molecule has 0 aliphatic carbocycles. The first kappa shape index (κ1) is 13.8. The topological polar surface area (TPSA) is 139 Å². The fraction of sp³-hybridized carbons (Fsp3) is 0.111. The van der Waals surface area contributed by atoms with Gasteiger partial charge in [0, 0.05) is 7.05 Å². The zero-order valence-corrected chi connectivity index (χ0v) is 10.1. The predicted molar refractivity (Wildman–Crippen MR) is 62.6 cm³/mol. The van der Waals surface area contributed by atoms with E-state index in [0.29, 0.717) is 0 Å². The molecule has 8 nitrogen and oxygen atoms in total. The van der Waals surface area contributed by atoms with Gasteiger partial charge in [0.1, 0.15) is 4.90 Å². The first-order valence-electron chi connectivity index (χ1n) is 4.65. The summed E-state index contributed by atoms with van der Waals surface area (Å²) in [4.78, 5) is 21.2. The average Bonchev–Trinajstić information content (AvgIpc) is 2.27. The van der Waals surface area contributed by atoms with E-state index in [2.05, 4.69) is 5.32 Å². The molecule has 0 atom stereocenters. The summed E-state index contributed by atoms with van der Waals surface area (Å²) in [6.45, 7) is 0. The molecule has 1 aromatic rings. The van der Waals surface area contributed by atoms with Crippen molar-refractivity contribution >= 4 is 27.7 Å². The predicted octanol–water partition coefficient (Wildman–Crippen LogP) is -0.415. The Morgan fingerprint density at radius 3 is 2.39 bits per heavy atom. The molecule has 0 saturated heterocycles. The number of sulfonamides is 1. The molecule has 0 radical (unpaired) electrons. The Bertz CT molecular complexity index is 596. The molecule has 0 heterocycles. The summed E-state index contributed by atoms with van der Waals surface area (Å²) in [5.41, 5.74) is 5.04. The number of urea groups is 1. The number of benzene rings is 1. The second-order valence-corrected chi connectivity index (χ2v) is 4.89. The van der Waals surface area contributed by atoms with E-state index in [4.69, 9.17) is 10.8 Å². The van der Waals surface area contributed by atoms with Gasteiger partial charge in [-0.3, -0.25) is 0 Å². The van der Waals surface area contributed by atoms with Crippen molar-refractivity contribution in [3.05, 3.63) is 23.8 Å². The quantitative estimate of drug-likeness (QED) is 0.552. The molecule has 9 heteroatoms. The number of nitrogen functional groups attached to an aromatic ring is 1. The van der Waals surface area contributed by atoms with E-state index in [-0.39, 0.29) is 16.1 Å². The maximum atomic E-state index is 11.7. The van der Waals surface area contributed by atoms with Gasteiger partial charge in [-0.15, -0.1) is 0 Å². The summed E-state index contributed by atoms with van der Waals surface area (Å²) in [6, 6.07) is 2.18. The number of nitrogens with one attached hydrogen (secondary N) is 2. The number of carbonyl (C=O) groups excluding carboxylic acids is 1. The standard InChI is InChI=1S/C9H11N3O5S/c1-11-9(15)12-18(16,17)7-3-2-5(8(13)14)4-6(7)10/h2-4H,10H2,1H3,(H,13,14)(H2,11,12,15). The molecule has 0 aliphatic rings. The van der Waals surface area contributed by atoms with Gasteiger partial charge in [-0.1, -0.05) is 0 Å². The van der Waals surface area contributed by atoms with Crippen LogP contribution < -0.4 is 15.8 Å². The van der Waals surface area contributed by atoms with Crippen molar-refractivity contribution in [3.63, 3.8) is 0 Å². The number of hydrogen-bond acceptors (Lipinski definition) is 5. The van der Waals surface area contributed by atoms with Crippen LogP contribution >= 0.6 is 0 Å². The first-order valence-corrected chi connectivity index (χ1v) is 6.13. The molecule has 98 valence electrons. The fourth-order valence-electron chi connectivity index (χ4n) is 1.15. The third-order valence-corrected chi connectivity index (χ3v) is 3.41. The van der Waals surface area contributed by atoms with Crippen LogP contribution in [0, 0.1) is 0 Å². The summed E-state index contributed by atoms with van der Waals surface area (Å²) in [5, 5.41) is 10.8. The fourth-order valence-corrected chi connectivity index (χ4v) is 2.23. The number of carboxylic acid groups (broad SMARTS) is 1. The summed E-state index contributed by atoms with van der Waals surface area (Å²) < 4.78 is 25.1. The zero-order valence-electron chi connectivity index (χ0n) is 9.30. The minimum Gasteiger partial charge on any atom is -0.478 e. The number of rotatable bonds is 3. The highest BCUT2D eigenvalue weighted by atomic mass is 32.2. The van der Waals surface area contributed by atoms with Crippen LogP contribution in [0.25, 0.3) is 0 Å². The molecule has 0 aliphatic heterocycles. The second-order valence-electron chi connectivity index (χ2n) is 3.24. The van der Waals surface area contributed by atoms with Crippen LogP contribution in [0.15, 0.2) is 23.1 Å². The molecule has 0 aromatic heterocycles. The average molecular weight is 273 g/mol. The van der Waals surface area contributed by atoms with E-state index in [1.54, 1.807) is 4.72 Å². The molecule has 5 N–H and O–H groups in total. The van der Waals surface area contributed by atoms with Crippen LogP contribution in [0.1, 0.15) is 10.4 Å². The Labute approximate surface area is 103 Å². The highest BCUT2D eigenvalue weighted by molar-refractivity contribution is 7.90. The number of anilines is 1. The highest BCUT2D eigenvalue weighted by Crippen LogP contribution is 2.19. The lowest BCUT2D eigenvalue weighted by molar-refractivity contribution is 0.0696. The summed E-state index contributed by atoms with van der Waals surface area (Å²) in [5.74, 6) is -1.23. The van der Waals surface area contributed by atoms with Crippen molar-refractivity contribution in [2.45, 2.75) is 4.90 Å². The van der Waals surface area contributed by atoms with Crippen LogP contribution in [-0.4, -0.2) is 32.6 Å². The van der Waals surface area contributed by atoms with Gasteiger partial charge in [-0.25, -0.2) is 22.7 Å². The molecule has 0 unspecified atom stereocenters. The van der Waals surface area contributed by atoms with Gasteiger partial charge >= 0.3 is 12.0 Å². The van der Waals surface area contributed by atoms with Crippen molar-refractivity contribution < 1.29 is 23.1 Å². The summed E-state index contributed by atoms with van der Waals surface area (Å²) in [6.07, 6.45) is 0. The van der Waals surface area contributed by atoms with E-state index < -0.39 is 22.0 Å². The van der Waals surface area contributed by atoms with Crippen molar-refractivity contribution in [2.24, 2.45) is 0 Å². The third kappa shape index (κ3) is 2.88. The van der Waals surface area contributed by atoms with Crippen LogP contribution in [-0.2, 0) is 10.0 Å². The van der Waals surface area contributed by atoms with Crippen molar-refractivity contribution in [2.75, 3.05) is 12.8 Å². The minimum absolute atomic E-state index is 0.147. The maximum Gasteiger partial charge on any atom is 0.335 e. The van der Waals surface area contributed by atoms with E-state index in [1.165, 1.54) is 7.05 Å². The molecule has 0 saturated carbocycles. The molecule has 1 rings (SSSR count). The molecule has 1 aromatic carbocycles. The van der Waals surface area contributed by atoms with E-state index in [9.17, 15) is 18.0 Å². The summed E-state index contributed by atoms with van der Waals surface area (Å²) >= 11 is 0. The Hall–Kier alpha value is -2.29. The number of hydrogen-bond donors (Lipinski definition) is 4. The molecule has 18 heavy (non-hydrogen) atoms. The lowest BCUT2D eigenvalue weighted by Crippen LogP contribution is -2.37. The van der Waals surface area contributed by atoms with E-state index in [0.717, 1.165) is 18.2 Å². The van der Waals surface area contributed by atoms with Crippen molar-refractivity contribution in [3.8, 4) is 0 Å². The second kappa shape index (κ2) is 4.92. The van der Waals surface area contributed by atoms with Gasteiger partial charge in [0.15, 0.2) is 0 Å². The molecular weight excluding hydrogens is 262 g/mol. The van der Waals surface area contributed by atoms with Crippen LogP contribution in [0.4, 0.5) is 10.5 Å². The highest BCUT2D eigenvalue weighted by Gasteiger charge is 2.20. The van der Waals surface area contributed by atoms with Gasteiger partial charge in [-0.05, 0) is 18.2 Å². The lowest BCUT2D eigenvalue weighted by atomic mass is 10.2. The van der Waals surface area contributed by atoms with Crippen LogP contribution in [0.3, 0.4) is 0 Å². The Balaban J connectivity index is 3.18. The van der Waals surface area contributed by atoms with Gasteiger partial charge in [0.25, 0.3) is 10.0 Å². The Morgan fingerprint density at radius 1 is 1.33 bits per heavy atom. The SMILES string of the molecule is CNC(=O)NS(=O)(=O)c1ccc(C(=O)O)cc1N.